The van der Waals surface area contributed by atoms with Crippen molar-refractivity contribution in [3.05, 3.63) is 107 Å². The third kappa shape index (κ3) is 4.80. The number of hydrogen-bond donors (Lipinski definition) is 2. The van der Waals surface area contributed by atoms with Gasteiger partial charge >= 0.3 is 0 Å². The van der Waals surface area contributed by atoms with Gasteiger partial charge in [0.05, 0.1) is 13.2 Å². The number of ether oxygens (including phenoxy) is 3. The lowest BCUT2D eigenvalue weighted by Gasteiger charge is -2.31. The second kappa shape index (κ2) is 11.0. The summed E-state index contributed by atoms with van der Waals surface area (Å²) in [5.41, 5.74) is 4.80. The first-order valence-corrected chi connectivity index (χ1v) is 13.6. The minimum atomic E-state index is -0.0414. The van der Waals surface area contributed by atoms with E-state index in [1.54, 1.807) is 0 Å². The quantitative estimate of drug-likeness (QED) is 0.215. The molecule has 0 fully saturated rings. The Morgan fingerprint density at radius 1 is 0.667 bits per heavy atom. The number of benzene rings is 5. The number of fused-ring (bicyclic) bond motifs is 6. The molecule has 1 heterocycles. The van der Waals surface area contributed by atoms with Crippen LogP contribution in [0.2, 0.25) is 0 Å². The molecule has 0 radical (unpaired) electrons. The molecular weight excluding hydrogens is 488 g/mol. The van der Waals surface area contributed by atoms with Gasteiger partial charge in [-0.25, -0.2) is 0 Å². The first kappa shape index (κ1) is 25.2. The smallest absolute Gasteiger partial charge is 0.132 e. The fourth-order valence-electron chi connectivity index (χ4n) is 5.67. The Balaban J connectivity index is 1.56. The van der Waals surface area contributed by atoms with E-state index >= 15 is 0 Å². The first-order valence-electron chi connectivity index (χ1n) is 13.6. The van der Waals surface area contributed by atoms with Crippen molar-refractivity contribution in [2.45, 2.75) is 25.7 Å². The van der Waals surface area contributed by atoms with Crippen molar-refractivity contribution < 1.29 is 24.4 Å². The van der Waals surface area contributed by atoms with Crippen LogP contribution in [-0.4, -0.2) is 36.6 Å². The SMILES string of the molecule is CCCc1ccc(C2c3c(ccc4cc(OCCO)ccc34)Oc3ccc4cc(OCCO)ccc4c32)cc1. The minimum Gasteiger partial charge on any atom is -0.491 e. The highest BCUT2D eigenvalue weighted by molar-refractivity contribution is 5.96. The molecule has 0 amide bonds. The second-order valence-corrected chi connectivity index (χ2v) is 9.89. The predicted octanol–water partition coefficient (Wildman–Crippen LogP) is 6.97. The number of aliphatic hydroxyl groups is 2. The monoisotopic (exact) mass is 520 g/mol. The summed E-state index contributed by atoms with van der Waals surface area (Å²) in [5, 5.41) is 22.7. The second-order valence-electron chi connectivity index (χ2n) is 9.89. The van der Waals surface area contributed by atoms with E-state index < -0.39 is 0 Å². The van der Waals surface area contributed by atoms with Crippen molar-refractivity contribution in [3.8, 4) is 23.0 Å². The molecule has 0 spiro atoms. The molecule has 0 aliphatic carbocycles. The van der Waals surface area contributed by atoms with E-state index in [4.69, 9.17) is 14.2 Å². The van der Waals surface area contributed by atoms with Crippen molar-refractivity contribution in [3.63, 3.8) is 0 Å². The van der Waals surface area contributed by atoms with E-state index in [2.05, 4.69) is 55.5 Å². The summed E-state index contributed by atoms with van der Waals surface area (Å²) in [4.78, 5) is 0. The van der Waals surface area contributed by atoms with Gasteiger partial charge in [-0.2, -0.15) is 0 Å². The molecule has 0 saturated heterocycles. The lowest BCUT2D eigenvalue weighted by Crippen LogP contribution is -2.13. The zero-order chi connectivity index (χ0) is 26.8. The molecule has 0 aromatic heterocycles. The lowest BCUT2D eigenvalue weighted by molar-refractivity contribution is 0.201. The van der Waals surface area contributed by atoms with Crippen LogP contribution < -0.4 is 14.2 Å². The Hall–Kier alpha value is -4.06. The van der Waals surface area contributed by atoms with Gasteiger partial charge in [-0.05, 0) is 75.5 Å². The van der Waals surface area contributed by atoms with E-state index in [-0.39, 0.29) is 32.3 Å². The van der Waals surface area contributed by atoms with Crippen molar-refractivity contribution in [2.75, 3.05) is 26.4 Å². The van der Waals surface area contributed by atoms with E-state index in [1.165, 1.54) is 11.1 Å². The summed E-state index contributed by atoms with van der Waals surface area (Å²) in [5.74, 6) is 3.12. The summed E-state index contributed by atoms with van der Waals surface area (Å²) in [6.07, 6.45) is 2.17. The minimum absolute atomic E-state index is 0.0250. The molecule has 5 heteroatoms. The first-order chi connectivity index (χ1) is 19.2. The molecule has 1 aliphatic heterocycles. The molecule has 198 valence electrons. The summed E-state index contributed by atoms with van der Waals surface area (Å²) in [7, 11) is 0. The van der Waals surface area contributed by atoms with Crippen LogP contribution in [0.5, 0.6) is 23.0 Å². The average Bonchev–Trinajstić information content (AvgIpc) is 2.98. The Morgan fingerprint density at radius 2 is 1.21 bits per heavy atom. The van der Waals surface area contributed by atoms with Crippen LogP contribution in [-0.2, 0) is 6.42 Å². The molecule has 39 heavy (non-hydrogen) atoms. The number of rotatable bonds is 9. The summed E-state index contributed by atoms with van der Waals surface area (Å²) in [6, 6.07) is 29.4. The fraction of sp³-hybridized carbons (Fsp3) is 0.235. The largest absolute Gasteiger partial charge is 0.491 e. The zero-order valence-electron chi connectivity index (χ0n) is 22.0. The Labute approximate surface area is 228 Å². The lowest BCUT2D eigenvalue weighted by atomic mass is 9.78. The van der Waals surface area contributed by atoms with Gasteiger partial charge in [0.1, 0.15) is 36.2 Å². The van der Waals surface area contributed by atoms with Gasteiger partial charge in [-0.15, -0.1) is 0 Å². The molecule has 1 aliphatic rings. The zero-order valence-corrected chi connectivity index (χ0v) is 22.0. The predicted molar refractivity (Wildman–Crippen MR) is 155 cm³/mol. The Morgan fingerprint density at radius 3 is 1.69 bits per heavy atom. The normalized spacial score (nSPS) is 12.7. The summed E-state index contributed by atoms with van der Waals surface area (Å²) < 4.78 is 18.0. The van der Waals surface area contributed by atoms with Gasteiger partial charge in [-0.1, -0.05) is 61.9 Å². The van der Waals surface area contributed by atoms with Gasteiger partial charge in [0, 0.05) is 17.0 Å². The Kier molecular flexibility index (Phi) is 7.10. The van der Waals surface area contributed by atoms with Crippen LogP contribution in [0.1, 0.15) is 41.5 Å². The fourth-order valence-corrected chi connectivity index (χ4v) is 5.67. The molecule has 5 aromatic rings. The van der Waals surface area contributed by atoms with Crippen molar-refractivity contribution in [1.29, 1.82) is 0 Å². The average molecular weight is 521 g/mol. The molecule has 0 unspecified atom stereocenters. The van der Waals surface area contributed by atoms with E-state index in [0.717, 1.165) is 68.5 Å². The van der Waals surface area contributed by atoms with Crippen molar-refractivity contribution in [2.24, 2.45) is 0 Å². The molecule has 5 aromatic carbocycles. The molecule has 2 N–H and O–H groups in total. The Bertz CT molecular complexity index is 1530. The maximum atomic E-state index is 9.19. The van der Waals surface area contributed by atoms with Crippen LogP contribution in [0, 0.1) is 0 Å². The van der Waals surface area contributed by atoms with Crippen molar-refractivity contribution in [1.82, 2.24) is 0 Å². The summed E-state index contributed by atoms with van der Waals surface area (Å²) >= 11 is 0. The maximum Gasteiger partial charge on any atom is 0.132 e. The summed E-state index contributed by atoms with van der Waals surface area (Å²) in [6.45, 7) is 2.67. The van der Waals surface area contributed by atoms with E-state index in [0.29, 0.717) is 0 Å². The number of aliphatic hydroxyl groups excluding tert-OH is 2. The molecule has 0 bridgehead atoms. The van der Waals surface area contributed by atoms with E-state index in [1.807, 2.05) is 36.4 Å². The highest BCUT2D eigenvalue weighted by Crippen LogP contribution is 2.52. The third-order valence-corrected chi connectivity index (χ3v) is 7.35. The number of hydrogen-bond acceptors (Lipinski definition) is 5. The van der Waals surface area contributed by atoms with Crippen LogP contribution in [0.15, 0.2) is 84.9 Å². The highest BCUT2D eigenvalue weighted by atomic mass is 16.5. The molecule has 0 saturated carbocycles. The van der Waals surface area contributed by atoms with Gasteiger partial charge in [0.15, 0.2) is 0 Å². The molecule has 5 nitrogen and oxygen atoms in total. The number of aryl methyl sites for hydroxylation is 1. The van der Waals surface area contributed by atoms with Crippen LogP contribution in [0.4, 0.5) is 0 Å². The van der Waals surface area contributed by atoms with Gasteiger partial charge < -0.3 is 24.4 Å². The van der Waals surface area contributed by atoms with Crippen molar-refractivity contribution >= 4 is 21.5 Å². The van der Waals surface area contributed by atoms with Gasteiger partial charge in [0.2, 0.25) is 0 Å². The third-order valence-electron chi connectivity index (χ3n) is 7.35. The highest BCUT2D eigenvalue weighted by Gasteiger charge is 2.32. The maximum absolute atomic E-state index is 9.19. The molecule has 6 rings (SSSR count). The molecular formula is C34H32O5. The van der Waals surface area contributed by atoms with Crippen LogP contribution in [0.25, 0.3) is 21.5 Å². The van der Waals surface area contributed by atoms with Crippen LogP contribution in [0.3, 0.4) is 0 Å². The van der Waals surface area contributed by atoms with Gasteiger partial charge in [-0.3, -0.25) is 0 Å². The molecule has 0 atom stereocenters. The standard InChI is InChI=1S/C34H32O5/c1-2-3-22-4-6-23(7-5-22)32-33-28-12-10-26(37-18-16-35)20-24(28)8-14-30(33)39-31-15-9-25-21-27(38-19-17-36)11-13-29(25)34(31)32/h4-15,20-21,32,35-36H,2-3,16-19H2,1H3. The topological polar surface area (TPSA) is 68.2 Å². The van der Waals surface area contributed by atoms with Crippen LogP contribution >= 0.6 is 0 Å². The van der Waals surface area contributed by atoms with E-state index in [9.17, 15) is 10.2 Å². The van der Waals surface area contributed by atoms with Gasteiger partial charge in [0.25, 0.3) is 0 Å².